The van der Waals surface area contributed by atoms with Crippen LogP contribution in [0.4, 0.5) is 14.5 Å². The number of hydrogen-bond acceptors (Lipinski definition) is 3. The van der Waals surface area contributed by atoms with Gasteiger partial charge in [-0.05, 0) is 30.3 Å². The fraction of sp³-hybridized carbons (Fsp3) is 0.125. The van der Waals surface area contributed by atoms with Gasteiger partial charge < -0.3 is 10.2 Å². The lowest BCUT2D eigenvalue weighted by Gasteiger charge is -2.10. The minimum atomic E-state index is -0.987. The van der Waals surface area contributed by atoms with Crippen LogP contribution in [0.5, 0.6) is 0 Å². The summed E-state index contributed by atoms with van der Waals surface area (Å²) in [4.78, 5) is 17.2. The molecule has 0 saturated heterocycles. The first-order valence-electron chi connectivity index (χ1n) is 6.88. The number of nitrogens with zero attached hydrogens (tertiary/aromatic N) is 1. The van der Waals surface area contributed by atoms with Crippen molar-refractivity contribution in [2.45, 2.75) is 12.5 Å². The minimum Gasteiger partial charge on any atom is -0.382 e. The van der Waals surface area contributed by atoms with Crippen molar-refractivity contribution in [1.82, 2.24) is 0 Å². The van der Waals surface area contributed by atoms with Crippen molar-refractivity contribution < 1.29 is 18.4 Å². The van der Waals surface area contributed by atoms with E-state index < -0.39 is 23.6 Å². The molecule has 0 aliphatic carbocycles. The van der Waals surface area contributed by atoms with Crippen LogP contribution >= 0.6 is 27.5 Å². The number of hydrogen-bond donors (Lipinski definition) is 1. The average molecular weight is 416 g/mol. The maximum atomic E-state index is 13.9. The Hall–Kier alpha value is -1.99. The largest absolute Gasteiger partial charge is 0.382 e. The van der Waals surface area contributed by atoms with Crippen molar-refractivity contribution in [2.24, 2.45) is 5.16 Å². The number of nitrogens with one attached hydrogen (secondary N) is 1. The molecule has 3 rings (SSSR count). The first-order chi connectivity index (χ1) is 11.5. The number of halogens is 4. The summed E-state index contributed by atoms with van der Waals surface area (Å²) in [5, 5.41) is 6.34. The average Bonchev–Trinajstić information content (AvgIpc) is 2.99. The summed E-state index contributed by atoms with van der Waals surface area (Å²) in [6.45, 7) is 0. The Balaban J connectivity index is 1.71. The first-order valence-corrected chi connectivity index (χ1v) is 8.06. The summed E-state index contributed by atoms with van der Waals surface area (Å²) < 4.78 is 28.2. The zero-order valence-corrected chi connectivity index (χ0v) is 14.4. The number of oxime groups is 1. The maximum absolute atomic E-state index is 13.9. The number of anilines is 1. The second-order valence-corrected chi connectivity index (χ2v) is 6.37. The van der Waals surface area contributed by atoms with Gasteiger partial charge in [0.15, 0.2) is 0 Å². The summed E-state index contributed by atoms with van der Waals surface area (Å²) in [5.74, 6) is -1.72. The molecule has 1 heterocycles. The number of amides is 1. The number of carbonyl (C=O) groups excluding carboxylic acids is 1. The molecule has 0 aromatic heterocycles. The van der Waals surface area contributed by atoms with Crippen molar-refractivity contribution in [3.63, 3.8) is 0 Å². The molecular formula is C16H10BrClF2N2O2. The van der Waals surface area contributed by atoms with E-state index in [2.05, 4.69) is 26.4 Å². The lowest BCUT2D eigenvalue weighted by Crippen LogP contribution is -2.28. The highest BCUT2D eigenvalue weighted by atomic mass is 79.9. The van der Waals surface area contributed by atoms with Crippen molar-refractivity contribution >= 4 is 44.8 Å². The molecule has 1 atom stereocenters. The van der Waals surface area contributed by atoms with E-state index in [9.17, 15) is 13.6 Å². The van der Waals surface area contributed by atoms with Crippen molar-refractivity contribution in [3.8, 4) is 0 Å². The number of carbonyl (C=O) groups is 1. The van der Waals surface area contributed by atoms with Gasteiger partial charge >= 0.3 is 0 Å². The third-order valence-corrected chi connectivity index (χ3v) is 4.21. The van der Waals surface area contributed by atoms with Gasteiger partial charge in [-0.2, -0.15) is 0 Å². The highest BCUT2D eigenvalue weighted by molar-refractivity contribution is 9.10. The van der Waals surface area contributed by atoms with Crippen LogP contribution in [0, 0.1) is 11.6 Å². The molecule has 1 aliphatic rings. The van der Waals surface area contributed by atoms with E-state index in [4.69, 9.17) is 16.4 Å². The molecule has 1 N–H and O–H groups in total. The maximum Gasteiger partial charge on any atom is 0.268 e. The lowest BCUT2D eigenvalue weighted by molar-refractivity contribution is -0.125. The zero-order chi connectivity index (χ0) is 17.3. The molecule has 4 nitrogen and oxygen atoms in total. The molecule has 0 fully saturated rings. The normalized spacial score (nSPS) is 16.5. The smallest absolute Gasteiger partial charge is 0.268 e. The minimum absolute atomic E-state index is 0.0178. The second-order valence-electron chi connectivity index (χ2n) is 5.05. The quantitative estimate of drug-likeness (QED) is 0.802. The van der Waals surface area contributed by atoms with Crippen LogP contribution in [-0.2, 0) is 9.63 Å². The van der Waals surface area contributed by atoms with E-state index >= 15 is 0 Å². The summed E-state index contributed by atoms with van der Waals surface area (Å²) in [6, 6.07) is 8.47. The summed E-state index contributed by atoms with van der Waals surface area (Å²) in [7, 11) is 0. The third-order valence-electron chi connectivity index (χ3n) is 3.40. The molecule has 0 spiro atoms. The monoisotopic (exact) mass is 414 g/mol. The molecule has 1 unspecified atom stereocenters. The fourth-order valence-corrected chi connectivity index (χ4v) is 2.85. The summed E-state index contributed by atoms with van der Waals surface area (Å²) in [5.41, 5.74) is 0.350. The van der Waals surface area contributed by atoms with Gasteiger partial charge in [-0.15, -0.1) is 0 Å². The topological polar surface area (TPSA) is 50.7 Å². The third kappa shape index (κ3) is 3.42. The number of benzene rings is 2. The molecule has 1 aliphatic heterocycles. The van der Waals surface area contributed by atoms with Gasteiger partial charge in [0.2, 0.25) is 6.10 Å². The van der Waals surface area contributed by atoms with Gasteiger partial charge in [0, 0.05) is 10.9 Å². The Labute approximate surface area is 149 Å². The van der Waals surface area contributed by atoms with Crippen LogP contribution in [0.15, 0.2) is 46.0 Å². The molecular weight excluding hydrogens is 406 g/mol. The molecule has 2 aromatic carbocycles. The molecule has 1 amide bonds. The van der Waals surface area contributed by atoms with Crippen LogP contribution in [0.3, 0.4) is 0 Å². The molecule has 124 valence electrons. The van der Waals surface area contributed by atoms with E-state index in [1.807, 2.05) is 0 Å². The Morgan fingerprint density at radius 3 is 2.79 bits per heavy atom. The standard InChI is InChI=1S/C16H10BrClF2N2O2/c17-8-4-5-12(11(20)6-8)21-16(23)14-7-13(22-24-14)15-9(18)2-1-3-10(15)19/h1-6,14H,7H2,(H,21,23). The van der Waals surface area contributed by atoms with Gasteiger partial charge in [0.25, 0.3) is 5.91 Å². The second kappa shape index (κ2) is 6.86. The van der Waals surface area contributed by atoms with E-state index in [1.54, 1.807) is 6.07 Å². The molecule has 24 heavy (non-hydrogen) atoms. The van der Waals surface area contributed by atoms with Gasteiger partial charge in [-0.1, -0.05) is 38.8 Å². The van der Waals surface area contributed by atoms with Gasteiger partial charge in [0.05, 0.1) is 22.0 Å². The van der Waals surface area contributed by atoms with Crippen LogP contribution in [-0.4, -0.2) is 17.7 Å². The van der Waals surface area contributed by atoms with Crippen molar-refractivity contribution in [3.05, 3.63) is 63.1 Å². The van der Waals surface area contributed by atoms with Crippen LogP contribution in [0.2, 0.25) is 5.02 Å². The SMILES string of the molecule is O=C(Nc1ccc(Br)cc1F)C1CC(c2c(F)cccc2Cl)=NO1. The van der Waals surface area contributed by atoms with Gasteiger partial charge in [0.1, 0.15) is 11.6 Å². The van der Waals surface area contributed by atoms with Gasteiger partial charge in [-0.25, -0.2) is 8.78 Å². The van der Waals surface area contributed by atoms with Gasteiger partial charge in [-0.3, -0.25) is 4.79 Å². The molecule has 8 heteroatoms. The van der Waals surface area contributed by atoms with Crippen LogP contribution in [0.1, 0.15) is 12.0 Å². The zero-order valence-electron chi connectivity index (χ0n) is 12.0. The van der Waals surface area contributed by atoms with E-state index in [0.29, 0.717) is 4.47 Å². The Kier molecular flexibility index (Phi) is 4.82. The highest BCUT2D eigenvalue weighted by Crippen LogP contribution is 2.26. The van der Waals surface area contributed by atoms with Crippen molar-refractivity contribution in [2.75, 3.05) is 5.32 Å². The number of rotatable bonds is 3. The molecule has 2 aromatic rings. The first kappa shape index (κ1) is 16.9. The Morgan fingerprint density at radius 2 is 2.08 bits per heavy atom. The Bertz CT molecular complexity index is 825. The van der Waals surface area contributed by atoms with Crippen molar-refractivity contribution in [1.29, 1.82) is 0 Å². The molecule has 0 saturated carbocycles. The van der Waals surface area contributed by atoms with E-state index in [0.717, 1.165) is 0 Å². The van der Waals surface area contributed by atoms with E-state index in [1.165, 1.54) is 30.3 Å². The summed E-state index contributed by atoms with van der Waals surface area (Å²) >= 11 is 9.10. The van der Waals surface area contributed by atoms with E-state index in [-0.39, 0.29) is 28.4 Å². The predicted molar refractivity (Wildman–Crippen MR) is 90.2 cm³/mol. The van der Waals surface area contributed by atoms with Crippen LogP contribution < -0.4 is 5.32 Å². The lowest BCUT2D eigenvalue weighted by atomic mass is 10.0. The fourth-order valence-electron chi connectivity index (χ4n) is 2.24. The summed E-state index contributed by atoms with van der Waals surface area (Å²) in [6.07, 6.45) is -0.955. The Morgan fingerprint density at radius 1 is 1.29 bits per heavy atom. The predicted octanol–water partition coefficient (Wildman–Crippen LogP) is 4.51. The highest BCUT2D eigenvalue weighted by Gasteiger charge is 2.31. The molecule has 0 radical (unpaired) electrons. The van der Waals surface area contributed by atoms with Crippen LogP contribution in [0.25, 0.3) is 0 Å². The molecule has 0 bridgehead atoms.